The molecule has 0 saturated heterocycles. The Labute approximate surface area is 69.7 Å². The quantitative estimate of drug-likeness (QED) is 0.603. The first-order valence-electron chi connectivity index (χ1n) is 3.19. The second-order valence-electron chi connectivity index (χ2n) is 2.23. The van der Waals surface area contributed by atoms with E-state index in [4.69, 9.17) is 11.5 Å². The molecule has 2 atom stereocenters. The summed E-state index contributed by atoms with van der Waals surface area (Å²) in [6.45, 7) is 3.29. The van der Waals surface area contributed by atoms with Gasteiger partial charge in [0, 0.05) is 0 Å². The third-order valence-electron chi connectivity index (χ3n) is 1.21. The van der Waals surface area contributed by atoms with Gasteiger partial charge in [-0.2, -0.15) is 0 Å². The van der Waals surface area contributed by atoms with Crippen LogP contribution in [-0.4, -0.2) is 22.3 Å². The van der Waals surface area contributed by atoms with Crippen molar-refractivity contribution in [2.75, 3.05) is 0 Å². The molecule has 2 unspecified atom stereocenters. The third kappa shape index (κ3) is 3.87. The highest BCUT2D eigenvalue weighted by atomic mass is 32.2. The lowest BCUT2D eigenvalue weighted by Gasteiger charge is -2.10. The first kappa shape index (κ1) is 10.3. The van der Waals surface area contributed by atoms with Gasteiger partial charge >= 0.3 is 0 Å². The lowest BCUT2D eigenvalue weighted by Crippen LogP contribution is -2.29. The van der Waals surface area contributed by atoms with Crippen molar-refractivity contribution in [1.82, 2.24) is 0 Å². The molecule has 5 heteroatoms. The molecule has 0 bridgehead atoms. The van der Waals surface area contributed by atoms with Crippen LogP contribution in [0.5, 0.6) is 0 Å². The van der Waals surface area contributed by atoms with Gasteiger partial charge in [0.15, 0.2) is 0 Å². The van der Waals surface area contributed by atoms with E-state index in [1.807, 2.05) is 0 Å². The second kappa shape index (κ2) is 4.23. The molecule has 0 rings (SSSR count). The standard InChI is InChI=1S/C6H12N2O2S/c1-3(5(7)9)11-4(2)6(8)10/h3-4H,1-2H3,(H2,7,9)(H2,8,10). The molecule has 2 amide bonds. The maximum Gasteiger partial charge on any atom is 0.230 e. The topological polar surface area (TPSA) is 86.2 Å². The number of carbonyl (C=O) groups is 2. The molecule has 0 aliphatic rings. The Hall–Kier alpha value is -0.710. The number of thioether (sulfide) groups is 1. The van der Waals surface area contributed by atoms with Crippen LogP contribution >= 0.6 is 11.8 Å². The van der Waals surface area contributed by atoms with E-state index in [0.717, 1.165) is 0 Å². The van der Waals surface area contributed by atoms with E-state index in [1.165, 1.54) is 11.8 Å². The summed E-state index contributed by atoms with van der Waals surface area (Å²) in [6.07, 6.45) is 0. The normalized spacial score (nSPS) is 15.5. The first-order chi connectivity index (χ1) is 4.95. The largest absolute Gasteiger partial charge is 0.369 e. The van der Waals surface area contributed by atoms with Crippen molar-refractivity contribution in [3.05, 3.63) is 0 Å². The maximum absolute atomic E-state index is 10.5. The van der Waals surface area contributed by atoms with Crippen LogP contribution in [0.1, 0.15) is 13.8 Å². The van der Waals surface area contributed by atoms with E-state index in [2.05, 4.69) is 0 Å². The summed E-state index contributed by atoms with van der Waals surface area (Å²) in [5.74, 6) is -0.855. The van der Waals surface area contributed by atoms with Gasteiger partial charge in [-0.25, -0.2) is 0 Å². The van der Waals surface area contributed by atoms with Gasteiger partial charge in [0.2, 0.25) is 11.8 Å². The molecule has 0 aromatic rings. The zero-order valence-electron chi connectivity index (χ0n) is 6.53. The Morgan fingerprint density at radius 3 is 1.55 bits per heavy atom. The summed E-state index contributed by atoms with van der Waals surface area (Å²) in [5, 5.41) is -0.727. The van der Waals surface area contributed by atoms with Crippen LogP contribution in [0.2, 0.25) is 0 Å². The van der Waals surface area contributed by atoms with Crippen molar-refractivity contribution >= 4 is 23.6 Å². The summed E-state index contributed by atoms with van der Waals surface area (Å²) < 4.78 is 0. The minimum Gasteiger partial charge on any atom is -0.369 e. The molecule has 0 heterocycles. The Bertz CT molecular complexity index is 154. The van der Waals surface area contributed by atoms with Crippen molar-refractivity contribution < 1.29 is 9.59 Å². The molecule has 0 fully saturated rings. The van der Waals surface area contributed by atoms with Gasteiger partial charge in [-0.3, -0.25) is 9.59 Å². The van der Waals surface area contributed by atoms with E-state index in [1.54, 1.807) is 13.8 Å². The highest BCUT2D eigenvalue weighted by molar-refractivity contribution is 8.01. The van der Waals surface area contributed by atoms with Crippen LogP contribution in [-0.2, 0) is 9.59 Å². The van der Waals surface area contributed by atoms with Gasteiger partial charge in [0.05, 0.1) is 10.5 Å². The summed E-state index contributed by atoms with van der Waals surface area (Å²) >= 11 is 1.17. The van der Waals surface area contributed by atoms with Gasteiger partial charge in [-0.1, -0.05) is 0 Å². The molecule has 0 aliphatic heterocycles. The van der Waals surface area contributed by atoms with Gasteiger partial charge in [-0.15, -0.1) is 11.8 Å². The number of hydrogen-bond acceptors (Lipinski definition) is 3. The first-order valence-corrected chi connectivity index (χ1v) is 4.13. The SMILES string of the molecule is CC(SC(C)C(N)=O)C(N)=O. The predicted octanol–water partition coefficient (Wildman–Crippen LogP) is -0.533. The molecular weight excluding hydrogens is 164 g/mol. The van der Waals surface area contributed by atoms with Gasteiger partial charge in [0.1, 0.15) is 0 Å². The van der Waals surface area contributed by atoms with Gasteiger partial charge < -0.3 is 11.5 Å². The molecule has 0 spiro atoms. The average Bonchev–Trinajstić information content (AvgIpc) is 1.87. The molecule has 4 N–H and O–H groups in total. The number of amides is 2. The lowest BCUT2D eigenvalue weighted by molar-refractivity contribution is -0.117. The molecule has 11 heavy (non-hydrogen) atoms. The molecule has 64 valence electrons. The molecule has 0 saturated carbocycles. The molecule has 0 aliphatic carbocycles. The van der Waals surface area contributed by atoms with Crippen molar-refractivity contribution in [2.24, 2.45) is 11.5 Å². The Kier molecular flexibility index (Phi) is 3.95. The molecular formula is C6H12N2O2S. The number of carbonyl (C=O) groups excluding carboxylic acids is 2. The summed E-state index contributed by atoms with van der Waals surface area (Å²) in [4.78, 5) is 21.0. The van der Waals surface area contributed by atoms with E-state index in [-0.39, 0.29) is 10.5 Å². The fourth-order valence-electron chi connectivity index (χ4n) is 0.440. The third-order valence-corrected chi connectivity index (χ3v) is 2.49. The number of hydrogen-bond donors (Lipinski definition) is 2. The minimum atomic E-state index is -0.428. The van der Waals surface area contributed by atoms with E-state index < -0.39 is 11.8 Å². The zero-order valence-corrected chi connectivity index (χ0v) is 7.35. The van der Waals surface area contributed by atoms with Crippen molar-refractivity contribution in [1.29, 1.82) is 0 Å². The Balaban J connectivity index is 3.84. The van der Waals surface area contributed by atoms with E-state index >= 15 is 0 Å². The minimum absolute atomic E-state index is 0.363. The molecule has 4 nitrogen and oxygen atoms in total. The van der Waals surface area contributed by atoms with Crippen LogP contribution in [0.15, 0.2) is 0 Å². The highest BCUT2D eigenvalue weighted by Gasteiger charge is 2.16. The van der Waals surface area contributed by atoms with Crippen molar-refractivity contribution in [3.63, 3.8) is 0 Å². The smallest absolute Gasteiger partial charge is 0.230 e. The fraction of sp³-hybridized carbons (Fsp3) is 0.667. The van der Waals surface area contributed by atoms with Crippen LogP contribution in [0.25, 0.3) is 0 Å². The predicted molar refractivity (Wildman–Crippen MR) is 44.9 cm³/mol. The zero-order chi connectivity index (χ0) is 9.02. The Morgan fingerprint density at radius 2 is 1.36 bits per heavy atom. The number of nitrogens with two attached hydrogens (primary N) is 2. The number of primary amides is 2. The van der Waals surface area contributed by atoms with E-state index in [9.17, 15) is 9.59 Å². The molecule has 0 aromatic heterocycles. The van der Waals surface area contributed by atoms with Crippen molar-refractivity contribution in [2.45, 2.75) is 24.3 Å². The summed E-state index contributed by atoms with van der Waals surface area (Å²) in [6, 6.07) is 0. The number of rotatable bonds is 4. The van der Waals surface area contributed by atoms with Crippen molar-refractivity contribution in [3.8, 4) is 0 Å². The Morgan fingerprint density at radius 1 is 1.09 bits per heavy atom. The van der Waals surface area contributed by atoms with Gasteiger partial charge in [-0.05, 0) is 13.8 Å². The maximum atomic E-state index is 10.5. The van der Waals surface area contributed by atoms with Crippen LogP contribution < -0.4 is 11.5 Å². The van der Waals surface area contributed by atoms with Crippen LogP contribution in [0.3, 0.4) is 0 Å². The monoisotopic (exact) mass is 176 g/mol. The lowest BCUT2D eigenvalue weighted by atomic mass is 10.4. The average molecular weight is 176 g/mol. The molecule has 0 radical (unpaired) electrons. The van der Waals surface area contributed by atoms with Gasteiger partial charge in [0.25, 0.3) is 0 Å². The summed E-state index contributed by atoms with van der Waals surface area (Å²) in [7, 11) is 0. The van der Waals surface area contributed by atoms with Crippen LogP contribution in [0.4, 0.5) is 0 Å². The highest BCUT2D eigenvalue weighted by Crippen LogP contribution is 2.16. The second-order valence-corrected chi connectivity index (χ2v) is 3.91. The summed E-state index contributed by atoms with van der Waals surface area (Å²) in [5.41, 5.74) is 9.95. The fourth-order valence-corrected chi connectivity index (χ4v) is 1.32. The van der Waals surface area contributed by atoms with Crippen LogP contribution in [0, 0.1) is 0 Å². The molecule has 0 aromatic carbocycles. The van der Waals surface area contributed by atoms with E-state index in [0.29, 0.717) is 0 Å².